The topological polar surface area (TPSA) is 103 Å². The highest BCUT2D eigenvalue weighted by Gasteiger charge is 2.17. The Morgan fingerprint density at radius 1 is 1.42 bits per heavy atom. The van der Waals surface area contributed by atoms with Crippen molar-refractivity contribution in [3.63, 3.8) is 0 Å². The number of nitrogen functional groups attached to an aromatic ring is 1. The summed E-state index contributed by atoms with van der Waals surface area (Å²) in [6.45, 7) is 0.602. The lowest BCUT2D eigenvalue weighted by molar-refractivity contribution is 0.553. The molecule has 0 amide bonds. The molecule has 3 N–H and O–H groups in total. The summed E-state index contributed by atoms with van der Waals surface area (Å²) in [6.07, 6.45) is 3.18. The molecule has 7 nitrogen and oxygen atoms in total. The van der Waals surface area contributed by atoms with Gasteiger partial charge in [-0.1, -0.05) is 21.1 Å². The summed E-state index contributed by atoms with van der Waals surface area (Å²) >= 11 is 3.22. The summed E-state index contributed by atoms with van der Waals surface area (Å²) in [5.74, 6) is 0. The van der Waals surface area contributed by atoms with Crippen molar-refractivity contribution in [2.24, 2.45) is 0 Å². The fraction of sp³-hybridized carbons (Fsp3) is 0.200. The Morgan fingerprint density at radius 2 is 2.21 bits per heavy atom. The van der Waals surface area contributed by atoms with Crippen LogP contribution < -0.4 is 10.5 Å². The maximum absolute atomic E-state index is 12.1. The van der Waals surface area contributed by atoms with Gasteiger partial charge in [0.25, 0.3) is 0 Å². The minimum atomic E-state index is -3.63. The van der Waals surface area contributed by atoms with Gasteiger partial charge in [-0.15, -0.1) is 5.10 Å². The van der Waals surface area contributed by atoms with Gasteiger partial charge in [0, 0.05) is 17.2 Å². The van der Waals surface area contributed by atoms with Crippen LogP contribution in [0.15, 0.2) is 40.0 Å². The van der Waals surface area contributed by atoms with E-state index in [1.807, 2.05) is 0 Å². The van der Waals surface area contributed by atoms with Gasteiger partial charge in [0.05, 0.1) is 18.4 Å². The van der Waals surface area contributed by atoms with Gasteiger partial charge < -0.3 is 5.73 Å². The van der Waals surface area contributed by atoms with Gasteiger partial charge in [-0.3, -0.25) is 4.68 Å². The quantitative estimate of drug-likeness (QED) is 0.772. The van der Waals surface area contributed by atoms with Crippen LogP contribution in [0.3, 0.4) is 0 Å². The van der Waals surface area contributed by atoms with Crippen molar-refractivity contribution in [1.82, 2.24) is 19.7 Å². The molecule has 9 heteroatoms. The molecule has 0 unspecified atom stereocenters. The molecule has 0 spiro atoms. The number of hydrogen-bond donors (Lipinski definition) is 2. The van der Waals surface area contributed by atoms with Crippen LogP contribution in [0.2, 0.25) is 0 Å². The molecular weight excluding hydrogens is 334 g/mol. The monoisotopic (exact) mass is 345 g/mol. The van der Waals surface area contributed by atoms with E-state index in [2.05, 4.69) is 31.0 Å². The van der Waals surface area contributed by atoms with Gasteiger partial charge >= 0.3 is 0 Å². The fourth-order valence-corrected chi connectivity index (χ4v) is 3.15. The number of aromatic nitrogens is 3. The maximum atomic E-state index is 12.1. The molecule has 0 atom stereocenters. The third-order valence-corrected chi connectivity index (χ3v) is 4.38. The minimum Gasteiger partial charge on any atom is -0.398 e. The van der Waals surface area contributed by atoms with E-state index in [-0.39, 0.29) is 17.1 Å². The molecule has 0 aliphatic heterocycles. The van der Waals surface area contributed by atoms with Crippen LogP contribution in [-0.4, -0.2) is 30.0 Å². The lowest BCUT2D eigenvalue weighted by atomic mass is 10.3. The molecule has 0 bridgehead atoms. The van der Waals surface area contributed by atoms with Crippen molar-refractivity contribution in [2.75, 3.05) is 12.3 Å². The second kappa shape index (κ2) is 5.68. The number of rotatable bonds is 5. The molecule has 0 saturated heterocycles. The van der Waals surface area contributed by atoms with Gasteiger partial charge in [-0.05, 0) is 18.2 Å². The average molecular weight is 346 g/mol. The lowest BCUT2D eigenvalue weighted by Crippen LogP contribution is -2.28. The van der Waals surface area contributed by atoms with E-state index in [0.29, 0.717) is 11.0 Å². The first-order valence-electron chi connectivity index (χ1n) is 5.38. The van der Waals surface area contributed by atoms with Crippen molar-refractivity contribution in [2.45, 2.75) is 11.4 Å². The van der Waals surface area contributed by atoms with E-state index in [4.69, 9.17) is 5.73 Å². The lowest BCUT2D eigenvalue weighted by Gasteiger charge is -2.09. The first-order chi connectivity index (χ1) is 8.99. The molecule has 0 radical (unpaired) electrons. The van der Waals surface area contributed by atoms with Crippen LogP contribution in [0.1, 0.15) is 0 Å². The second-order valence-electron chi connectivity index (χ2n) is 3.75. The van der Waals surface area contributed by atoms with E-state index in [0.717, 1.165) is 0 Å². The zero-order valence-corrected chi connectivity index (χ0v) is 12.2. The molecule has 2 aromatic rings. The van der Waals surface area contributed by atoms with Crippen molar-refractivity contribution in [3.05, 3.63) is 35.1 Å². The second-order valence-corrected chi connectivity index (χ2v) is 6.40. The molecule has 0 fully saturated rings. The zero-order chi connectivity index (χ0) is 13.9. The Bertz CT molecular complexity index is 657. The van der Waals surface area contributed by atoms with Crippen LogP contribution in [0.5, 0.6) is 0 Å². The maximum Gasteiger partial charge on any atom is 0.242 e. The first-order valence-corrected chi connectivity index (χ1v) is 7.65. The SMILES string of the molecule is Nc1ccc(Br)cc1S(=O)(=O)NCCn1ccnn1. The van der Waals surface area contributed by atoms with Crippen LogP contribution in [0.25, 0.3) is 0 Å². The summed E-state index contributed by atoms with van der Waals surface area (Å²) in [5, 5.41) is 7.37. The number of sulfonamides is 1. The Hall–Kier alpha value is -1.45. The molecule has 2 rings (SSSR count). The van der Waals surface area contributed by atoms with Crippen LogP contribution in [0.4, 0.5) is 5.69 Å². The molecule has 102 valence electrons. The predicted octanol–water partition coefficient (Wildman–Crippen LogP) is 0.601. The Kier molecular flexibility index (Phi) is 4.17. The molecule has 0 aliphatic carbocycles. The Morgan fingerprint density at radius 3 is 2.89 bits per heavy atom. The van der Waals surface area contributed by atoms with Crippen LogP contribution in [-0.2, 0) is 16.6 Å². The molecule has 0 aliphatic rings. The number of nitrogens with zero attached hydrogens (tertiary/aromatic N) is 3. The number of anilines is 1. The van der Waals surface area contributed by atoms with Crippen LogP contribution >= 0.6 is 15.9 Å². The largest absolute Gasteiger partial charge is 0.398 e. The van der Waals surface area contributed by atoms with Crippen molar-refractivity contribution < 1.29 is 8.42 Å². The van der Waals surface area contributed by atoms with Gasteiger partial charge in [0.1, 0.15) is 4.90 Å². The average Bonchev–Trinajstić information content (AvgIpc) is 2.85. The van der Waals surface area contributed by atoms with E-state index in [1.54, 1.807) is 12.3 Å². The Labute approximate surface area is 119 Å². The Balaban J connectivity index is 2.07. The molecule has 0 saturated carbocycles. The highest BCUT2D eigenvalue weighted by atomic mass is 79.9. The summed E-state index contributed by atoms with van der Waals surface area (Å²) < 4.78 is 28.8. The predicted molar refractivity (Wildman–Crippen MR) is 73.8 cm³/mol. The van der Waals surface area contributed by atoms with Crippen molar-refractivity contribution in [1.29, 1.82) is 0 Å². The normalized spacial score (nSPS) is 11.6. The highest BCUT2D eigenvalue weighted by Crippen LogP contribution is 2.22. The number of halogens is 1. The summed E-state index contributed by atoms with van der Waals surface area (Å²) in [7, 11) is -3.63. The standard InChI is InChI=1S/C10H12BrN5O2S/c11-8-1-2-9(12)10(7-8)19(17,18)14-4-6-16-5-3-13-15-16/h1-3,5,7,14H,4,6,12H2. The van der Waals surface area contributed by atoms with Crippen molar-refractivity contribution in [3.8, 4) is 0 Å². The summed E-state index contributed by atoms with van der Waals surface area (Å²) in [4.78, 5) is 0.0560. The summed E-state index contributed by atoms with van der Waals surface area (Å²) in [5.41, 5.74) is 5.88. The van der Waals surface area contributed by atoms with Gasteiger partial charge in [0.15, 0.2) is 0 Å². The number of hydrogen-bond acceptors (Lipinski definition) is 5. The van der Waals surface area contributed by atoms with E-state index < -0.39 is 10.0 Å². The van der Waals surface area contributed by atoms with E-state index >= 15 is 0 Å². The number of benzene rings is 1. The minimum absolute atomic E-state index is 0.0560. The molecular formula is C10H12BrN5O2S. The summed E-state index contributed by atoms with van der Waals surface area (Å²) in [6, 6.07) is 4.69. The van der Waals surface area contributed by atoms with Gasteiger partial charge in [-0.25, -0.2) is 13.1 Å². The number of nitrogens with two attached hydrogens (primary N) is 1. The van der Waals surface area contributed by atoms with E-state index in [1.165, 1.54) is 23.0 Å². The zero-order valence-electron chi connectivity index (χ0n) is 9.82. The molecule has 19 heavy (non-hydrogen) atoms. The molecule has 1 aromatic carbocycles. The third kappa shape index (κ3) is 3.52. The highest BCUT2D eigenvalue weighted by molar-refractivity contribution is 9.10. The van der Waals surface area contributed by atoms with Gasteiger partial charge in [-0.2, -0.15) is 0 Å². The molecule has 1 aromatic heterocycles. The van der Waals surface area contributed by atoms with Crippen molar-refractivity contribution >= 4 is 31.6 Å². The third-order valence-electron chi connectivity index (χ3n) is 2.37. The number of nitrogens with one attached hydrogen (secondary N) is 1. The van der Waals surface area contributed by atoms with E-state index in [9.17, 15) is 8.42 Å². The first kappa shape index (κ1) is 14.0. The molecule has 1 heterocycles. The van der Waals surface area contributed by atoms with Gasteiger partial charge in [0.2, 0.25) is 10.0 Å². The fourth-order valence-electron chi connectivity index (χ4n) is 1.47. The smallest absolute Gasteiger partial charge is 0.242 e. The van der Waals surface area contributed by atoms with Crippen LogP contribution in [0, 0.1) is 0 Å².